The highest BCUT2D eigenvalue weighted by molar-refractivity contribution is 5.69. The first kappa shape index (κ1) is 12.9. The van der Waals surface area contributed by atoms with E-state index in [1.807, 2.05) is 25.2 Å². The van der Waals surface area contributed by atoms with Crippen LogP contribution in [0.2, 0.25) is 0 Å². The Hall–Kier alpha value is -1.05. The van der Waals surface area contributed by atoms with Crippen LogP contribution in [0.3, 0.4) is 0 Å². The molecule has 0 amide bonds. The predicted molar refractivity (Wildman–Crippen MR) is 59.1 cm³/mol. The summed E-state index contributed by atoms with van der Waals surface area (Å²) in [5, 5.41) is 0. The minimum atomic E-state index is -0.104. The summed E-state index contributed by atoms with van der Waals surface area (Å²) >= 11 is 0. The Labute approximate surface area is 86.6 Å². The second-order valence-electron chi connectivity index (χ2n) is 3.00. The Balaban J connectivity index is 3.31. The van der Waals surface area contributed by atoms with Gasteiger partial charge in [0, 0.05) is 6.42 Å². The molecule has 14 heavy (non-hydrogen) atoms. The molecule has 0 aromatic heterocycles. The molecule has 0 N–H and O–H groups in total. The molecule has 2 nitrogen and oxygen atoms in total. The van der Waals surface area contributed by atoms with E-state index in [9.17, 15) is 4.79 Å². The molecule has 0 bridgehead atoms. The SMILES string of the molecule is C/C=C/CCC(=O)OCC/C=C/CC. The van der Waals surface area contributed by atoms with Crippen LogP contribution in [0.25, 0.3) is 0 Å². The summed E-state index contributed by atoms with van der Waals surface area (Å²) in [5.74, 6) is -0.104. The highest BCUT2D eigenvalue weighted by Crippen LogP contribution is 1.96. The van der Waals surface area contributed by atoms with Gasteiger partial charge in [-0.3, -0.25) is 4.79 Å². The molecule has 0 rings (SSSR count). The Morgan fingerprint density at radius 1 is 1.21 bits per heavy atom. The molecule has 0 aliphatic heterocycles. The number of esters is 1. The fraction of sp³-hybridized carbons (Fsp3) is 0.583. The van der Waals surface area contributed by atoms with Gasteiger partial charge in [0.25, 0.3) is 0 Å². The summed E-state index contributed by atoms with van der Waals surface area (Å²) in [6.45, 7) is 4.53. The van der Waals surface area contributed by atoms with Crippen molar-refractivity contribution in [2.75, 3.05) is 6.61 Å². The van der Waals surface area contributed by atoms with Crippen LogP contribution in [-0.4, -0.2) is 12.6 Å². The standard InChI is InChI=1S/C12H20O2/c1-3-5-7-9-11-14-12(13)10-8-6-4-2/h4-7H,3,8-11H2,1-2H3/b6-4+,7-5+. The number of allylic oxidation sites excluding steroid dienone is 3. The minimum absolute atomic E-state index is 0.104. The monoisotopic (exact) mass is 196 g/mol. The van der Waals surface area contributed by atoms with Crippen LogP contribution < -0.4 is 0 Å². The normalized spacial score (nSPS) is 11.3. The van der Waals surface area contributed by atoms with E-state index in [0.717, 1.165) is 19.3 Å². The van der Waals surface area contributed by atoms with Gasteiger partial charge in [0.1, 0.15) is 0 Å². The molecule has 0 aliphatic rings. The lowest BCUT2D eigenvalue weighted by atomic mass is 10.3. The molecule has 80 valence electrons. The molecule has 0 fully saturated rings. The number of ether oxygens (including phenoxy) is 1. The summed E-state index contributed by atoms with van der Waals surface area (Å²) < 4.78 is 5.01. The number of hydrogen-bond donors (Lipinski definition) is 0. The van der Waals surface area contributed by atoms with Gasteiger partial charge >= 0.3 is 5.97 Å². The maximum atomic E-state index is 11.1. The fourth-order valence-electron chi connectivity index (χ4n) is 0.965. The molecule has 2 heteroatoms. The van der Waals surface area contributed by atoms with Crippen LogP contribution in [-0.2, 0) is 9.53 Å². The van der Waals surface area contributed by atoms with Gasteiger partial charge in [-0.1, -0.05) is 31.2 Å². The molecule has 0 atom stereocenters. The van der Waals surface area contributed by atoms with E-state index in [2.05, 4.69) is 13.0 Å². The molecule has 0 unspecified atom stereocenters. The van der Waals surface area contributed by atoms with E-state index < -0.39 is 0 Å². The van der Waals surface area contributed by atoms with E-state index >= 15 is 0 Å². The summed E-state index contributed by atoms with van der Waals surface area (Å²) in [7, 11) is 0. The van der Waals surface area contributed by atoms with Crippen molar-refractivity contribution < 1.29 is 9.53 Å². The van der Waals surface area contributed by atoms with Gasteiger partial charge in [-0.05, 0) is 26.2 Å². The molecule has 0 saturated heterocycles. The average Bonchev–Trinajstić information content (AvgIpc) is 2.18. The number of carbonyl (C=O) groups is 1. The van der Waals surface area contributed by atoms with Crippen LogP contribution in [0.1, 0.15) is 39.5 Å². The van der Waals surface area contributed by atoms with E-state index in [0.29, 0.717) is 13.0 Å². The lowest BCUT2D eigenvalue weighted by Gasteiger charge is -2.00. The van der Waals surface area contributed by atoms with E-state index in [1.54, 1.807) is 0 Å². The largest absolute Gasteiger partial charge is 0.465 e. The maximum absolute atomic E-state index is 11.1. The van der Waals surface area contributed by atoms with Crippen molar-refractivity contribution in [1.82, 2.24) is 0 Å². The highest BCUT2D eigenvalue weighted by Gasteiger charge is 1.98. The van der Waals surface area contributed by atoms with Crippen LogP contribution in [0.4, 0.5) is 0 Å². The molecule has 0 saturated carbocycles. The smallest absolute Gasteiger partial charge is 0.306 e. The van der Waals surface area contributed by atoms with Crippen molar-refractivity contribution in [3.63, 3.8) is 0 Å². The zero-order chi connectivity index (χ0) is 10.6. The minimum Gasteiger partial charge on any atom is -0.465 e. The molecule has 0 aromatic carbocycles. The van der Waals surface area contributed by atoms with Crippen molar-refractivity contribution >= 4 is 5.97 Å². The zero-order valence-electron chi connectivity index (χ0n) is 9.16. The fourth-order valence-corrected chi connectivity index (χ4v) is 0.965. The topological polar surface area (TPSA) is 26.3 Å². The van der Waals surface area contributed by atoms with Crippen LogP contribution in [0.15, 0.2) is 24.3 Å². The van der Waals surface area contributed by atoms with Crippen molar-refractivity contribution in [1.29, 1.82) is 0 Å². The van der Waals surface area contributed by atoms with Crippen molar-refractivity contribution in [2.45, 2.75) is 39.5 Å². The van der Waals surface area contributed by atoms with Gasteiger partial charge in [0.15, 0.2) is 0 Å². The number of carbonyl (C=O) groups excluding carboxylic acids is 1. The van der Waals surface area contributed by atoms with Gasteiger partial charge in [-0.25, -0.2) is 0 Å². The lowest BCUT2D eigenvalue weighted by Crippen LogP contribution is -2.04. The highest BCUT2D eigenvalue weighted by atomic mass is 16.5. The molecule has 0 spiro atoms. The molecule has 0 aliphatic carbocycles. The Kier molecular flexibility index (Phi) is 9.28. The summed E-state index contributed by atoms with van der Waals surface area (Å²) in [4.78, 5) is 11.1. The predicted octanol–water partition coefficient (Wildman–Crippen LogP) is 3.24. The summed E-state index contributed by atoms with van der Waals surface area (Å²) in [5.41, 5.74) is 0. The molecule has 0 heterocycles. The Morgan fingerprint density at radius 3 is 2.64 bits per heavy atom. The molecule has 0 radical (unpaired) electrons. The van der Waals surface area contributed by atoms with Crippen molar-refractivity contribution in [2.24, 2.45) is 0 Å². The lowest BCUT2D eigenvalue weighted by molar-refractivity contribution is -0.143. The van der Waals surface area contributed by atoms with E-state index in [1.165, 1.54) is 0 Å². The van der Waals surface area contributed by atoms with Gasteiger partial charge in [0.2, 0.25) is 0 Å². The maximum Gasteiger partial charge on any atom is 0.306 e. The Morgan fingerprint density at radius 2 is 2.00 bits per heavy atom. The first-order chi connectivity index (χ1) is 6.81. The van der Waals surface area contributed by atoms with Gasteiger partial charge in [-0.15, -0.1) is 0 Å². The van der Waals surface area contributed by atoms with E-state index in [-0.39, 0.29) is 5.97 Å². The third-order valence-electron chi connectivity index (χ3n) is 1.70. The average molecular weight is 196 g/mol. The first-order valence-corrected chi connectivity index (χ1v) is 5.23. The van der Waals surface area contributed by atoms with Crippen LogP contribution >= 0.6 is 0 Å². The zero-order valence-corrected chi connectivity index (χ0v) is 9.16. The number of rotatable bonds is 7. The third kappa shape index (κ3) is 9.04. The molecular formula is C12H20O2. The third-order valence-corrected chi connectivity index (χ3v) is 1.70. The molecular weight excluding hydrogens is 176 g/mol. The quantitative estimate of drug-likeness (QED) is 0.355. The van der Waals surface area contributed by atoms with Gasteiger partial charge in [-0.2, -0.15) is 0 Å². The second-order valence-corrected chi connectivity index (χ2v) is 3.00. The van der Waals surface area contributed by atoms with Crippen molar-refractivity contribution in [3.05, 3.63) is 24.3 Å². The summed E-state index contributed by atoms with van der Waals surface area (Å²) in [6.07, 6.45) is 11.2. The molecule has 0 aromatic rings. The van der Waals surface area contributed by atoms with E-state index in [4.69, 9.17) is 4.74 Å². The van der Waals surface area contributed by atoms with Gasteiger partial charge < -0.3 is 4.74 Å². The van der Waals surface area contributed by atoms with Crippen LogP contribution in [0, 0.1) is 0 Å². The Bertz CT molecular complexity index is 192. The van der Waals surface area contributed by atoms with Crippen molar-refractivity contribution in [3.8, 4) is 0 Å². The second kappa shape index (κ2) is 10.0. The first-order valence-electron chi connectivity index (χ1n) is 5.23. The number of hydrogen-bond acceptors (Lipinski definition) is 2. The summed E-state index contributed by atoms with van der Waals surface area (Å²) in [6, 6.07) is 0. The van der Waals surface area contributed by atoms with Crippen LogP contribution in [0.5, 0.6) is 0 Å². The van der Waals surface area contributed by atoms with Gasteiger partial charge in [0.05, 0.1) is 6.61 Å².